The lowest BCUT2D eigenvalue weighted by molar-refractivity contribution is 0.315. The number of rotatable bonds is 1. The number of hydrogen-bond acceptors (Lipinski definition) is 2. The van der Waals surface area contributed by atoms with Gasteiger partial charge in [0.2, 0.25) is 0 Å². The molecule has 2 heteroatoms. The normalized spacial score (nSPS) is 15.1. The second kappa shape index (κ2) is 5.31. The van der Waals surface area contributed by atoms with Crippen molar-refractivity contribution in [2.45, 2.75) is 79.2 Å². The minimum absolute atomic E-state index is 0.0278. The van der Waals surface area contributed by atoms with Gasteiger partial charge in [0.05, 0.1) is 0 Å². The largest absolute Gasteiger partial charge is 0.507 e. The van der Waals surface area contributed by atoms with Crippen molar-refractivity contribution < 1.29 is 5.11 Å². The lowest BCUT2D eigenvalue weighted by Gasteiger charge is -2.33. The molecule has 1 aromatic rings. The molecule has 120 valence electrons. The van der Waals surface area contributed by atoms with Gasteiger partial charge in [-0.1, -0.05) is 68.4 Å². The van der Waals surface area contributed by atoms with Gasteiger partial charge in [-0.3, -0.25) is 0 Å². The number of phenols is 1. The Hall–Kier alpha value is -1.02. The van der Waals surface area contributed by atoms with Crippen LogP contribution in [0.3, 0.4) is 0 Å². The van der Waals surface area contributed by atoms with Gasteiger partial charge in [0.1, 0.15) is 5.75 Å². The van der Waals surface area contributed by atoms with Crippen molar-refractivity contribution in [2.24, 2.45) is 11.1 Å². The maximum Gasteiger partial charge on any atom is 0.124 e. The second-order valence-corrected chi connectivity index (χ2v) is 9.31. The van der Waals surface area contributed by atoms with Crippen LogP contribution in [-0.2, 0) is 10.8 Å². The molecule has 1 aromatic carbocycles. The summed E-state index contributed by atoms with van der Waals surface area (Å²) in [5, 5.41) is 10.8. The van der Waals surface area contributed by atoms with Crippen LogP contribution in [0.2, 0.25) is 0 Å². The first kappa shape index (κ1) is 18.0. The topological polar surface area (TPSA) is 46.2 Å². The van der Waals surface area contributed by atoms with E-state index in [0.29, 0.717) is 5.75 Å². The summed E-state index contributed by atoms with van der Waals surface area (Å²) in [5.74, 6) is 0.359. The van der Waals surface area contributed by atoms with Crippen molar-refractivity contribution in [2.75, 3.05) is 0 Å². The fourth-order valence-corrected chi connectivity index (χ4v) is 2.37. The van der Waals surface area contributed by atoms with Crippen molar-refractivity contribution in [1.29, 1.82) is 0 Å². The first-order chi connectivity index (χ1) is 9.15. The Morgan fingerprint density at radius 3 is 1.67 bits per heavy atom. The zero-order valence-corrected chi connectivity index (χ0v) is 15.3. The van der Waals surface area contributed by atoms with Gasteiger partial charge in [0, 0.05) is 11.6 Å². The molecule has 0 amide bonds. The third-order valence-corrected chi connectivity index (χ3v) is 4.08. The monoisotopic (exact) mass is 291 g/mol. The summed E-state index contributed by atoms with van der Waals surface area (Å²) in [6.07, 6.45) is 0. The molecule has 0 saturated heterocycles. The zero-order valence-electron chi connectivity index (χ0n) is 15.3. The van der Waals surface area contributed by atoms with Crippen molar-refractivity contribution in [1.82, 2.24) is 0 Å². The number of phenolic OH excluding ortho intramolecular Hbond substituents is 1. The van der Waals surface area contributed by atoms with Gasteiger partial charge in [0.15, 0.2) is 0 Å². The van der Waals surface area contributed by atoms with Crippen molar-refractivity contribution in [3.05, 3.63) is 28.8 Å². The Balaban J connectivity index is 3.65. The maximum atomic E-state index is 10.8. The highest BCUT2D eigenvalue weighted by Gasteiger charge is 2.30. The molecule has 0 unspecified atom stereocenters. The van der Waals surface area contributed by atoms with E-state index in [4.69, 9.17) is 5.73 Å². The van der Waals surface area contributed by atoms with E-state index in [9.17, 15) is 5.11 Å². The Morgan fingerprint density at radius 1 is 0.857 bits per heavy atom. The first-order valence-corrected chi connectivity index (χ1v) is 7.79. The van der Waals surface area contributed by atoms with Crippen LogP contribution in [0.25, 0.3) is 0 Å². The lowest BCUT2D eigenvalue weighted by Crippen LogP contribution is -2.28. The number of nitrogens with two attached hydrogens (primary N) is 1. The van der Waals surface area contributed by atoms with Gasteiger partial charge in [-0.2, -0.15) is 0 Å². The highest BCUT2D eigenvalue weighted by molar-refractivity contribution is 5.50. The van der Waals surface area contributed by atoms with Gasteiger partial charge in [-0.15, -0.1) is 0 Å². The molecule has 0 spiro atoms. The second-order valence-electron chi connectivity index (χ2n) is 9.31. The van der Waals surface area contributed by atoms with Crippen LogP contribution in [0.4, 0.5) is 0 Å². The van der Waals surface area contributed by atoms with E-state index >= 15 is 0 Å². The summed E-state index contributed by atoms with van der Waals surface area (Å²) < 4.78 is 0. The van der Waals surface area contributed by atoms with E-state index < -0.39 is 0 Å². The molecule has 0 aromatic heterocycles. The summed E-state index contributed by atoms with van der Waals surface area (Å²) in [6.45, 7) is 19.3. The minimum Gasteiger partial charge on any atom is -0.507 e. The Bertz CT molecular complexity index is 510. The maximum absolute atomic E-state index is 10.8. The Kier molecular flexibility index (Phi) is 4.56. The van der Waals surface area contributed by atoms with Crippen molar-refractivity contribution >= 4 is 0 Å². The predicted molar refractivity (Wildman–Crippen MR) is 91.9 cm³/mol. The molecular weight excluding hydrogens is 258 g/mol. The quantitative estimate of drug-likeness (QED) is 0.762. The van der Waals surface area contributed by atoms with Gasteiger partial charge in [0.25, 0.3) is 0 Å². The average molecular weight is 291 g/mol. The predicted octanol–water partition coefficient (Wildman–Crippen LogP) is 5.03. The number of aromatic hydroxyl groups is 1. The fourth-order valence-electron chi connectivity index (χ4n) is 2.37. The summed E-state index contributed by atoms with van der Waals surface area (Å²) in [7, 11) is 0. The molecule has 0 saturated carbocycles. The van der Waals surface area contributed by atoms with E-state index in [1.165, 1.54) is 5.56 Å². The van der Waals surface area contributed by atoms with Crippen LogP contribution in [0.15, 0.2) is 12.1 Å². The van der Waals surface area contributed by atoms with E-state index in [1.807, 2.05) is 0 Å². The molecule has 0 fully saturated rings. The van der Waals surface area contributed by atoms with E-state index in [1.54, 1.807) is 0 Å². The molecule has 0 aliphatic heterocycles. The van der Waals surface area contributed by atoms with Crippen LogP contribution in [0.1, 0.15) is 85.0 Å². The standard InChI is InChI=1S/C19H33NO/c1-17(2,3)12-10-13(16(20)19(7,8)9)15(21)14(11-12)18(4,5)6/h10-11,16,21H,20H2,1-9H3/t16-/m1/s1. The third kappa shape index (κ3) is 4.00. The molecule has 0 aliphatic rings. The van der Waals surface area contributed by atoms with Crippen LogP contribution in [0.5, 0.6) is 5.75 Å². The van der Waals surface area contributed by atoms with Gasteiger partial charge < -0.3 is 10.8 Å². The van der Waals surface area contributed by atoms with Gasteiger partial charge >= 0.3 is 0 Å². The van der Waals surface area contributed by atoms with Gasteiger partial charge in [-0.05, 0) is 33.4 Å². The Morgan fingerprint density at radius 2 is 1.33 bits per heavy atom. The summed E-state index contributed by atoms with van der Waals surface area (Å²) in [6, 6.07) is 4.02. The van der Waals surface area contributed by atoms with Crippen LogP contribution in [-0.4, -0.2) is 5.11 Å². The summed E-state index contributed by atoms with van der Waals surface area (Å²) in [4.78, 5) is 0. The summed E-state index contributed by atoms with van der Waals surface area (Å²) in [5.41, 5.74) is 9.32. The number of hydrogen-bond donors (Lipinski definition) is 2. The molecule has 1 rings (SSSR count). The van der Waals surface area contributed by atoms with E-state index in [0.717, 1.165) is 11.1 Å². The molecule has 0 radical (unpaired) electrons. The highest BCUT2D eigenvalue weighted by Crippen LogP contribution is 2.43. The highest BCUT2D eigenvalue weighted by atomic mass is 16.3. The van der Waals surface area contributed by atoms with E-state index in [-0.39, 0.29) is 22.3 Å². The van der Waals surface area contributed by atoms with Crippen molar-refractivity contribution in [3.8, 4) is 5.75 Å². The molecule has 0 heterocycles. The molecular formula is C19H33NO. The molecule has 0 bridgehead atoms. The Labute approximate surface area is 130 Å². The number of benzene rings is 1. The van der Waals surface area contributed by atoms with Crippen LogP contribution < -0.4 is 5.73 Å². The van der Waals surface area contributed by atoms with Gasteiger partial charge in [-0.25, -0.2) is 0 Å². The minimum atomic E-state index is -0.194. The molecule has 1 atom stereocenters. The SMILES string of the molecule is CC(C)(C)c1cc([C@@H](N)C(C)(C)C)c(O)c(C(C)(C)C)c1. The smallest absolute Gasteiger partial charge is 0.124 e. The van der Waals surface area contributed by atoms with Crippen molar-refractivity contribution in [3.63, 3.8) is 0 Å². The third-order valence-electron chi connectivity index (χ3n) is 4.08. The van der Waals surface area contributed by atoms with Crippen LogP contribution in [0, 0.1) is 5.41 Å². The van der Waals surface area contributed by atoms with E-state index in [2.05, 4.69) is 74.4 Å². The molecule has 21 heavy (non-hydrogen) atoms. The molecule has 3 N–H and O–H groups in total. The molecule has 0 aliphatic carbocycles. The zero-order chi connectivity index (χ0) is 16.8. The lowest BCUT2D eigenvalue weighted by atomic mass is 9.75. The average Bonchev–Trinajstić information content (AvgIpc) is 2.23. The summed E-state index contributed by atoms with van der Waals surface area (Å²) >= 11 is 0. The molecule has 2 nitrogen and oxygen atoms in total. The van der Waals surface area contributed by atoms with Crippen LogP contribution >= 0.6 is 0 Å². The fraction of sp³-hybridized carbons (Fsp3) is 0.684. The first-order valence-electron chi connectivity index (χ1n) is 7.79.